The maximum atomic E-state index is 13.7. The molecule has 0 saturated heterocycles. The molecule has 220 valence electrons. The van der Waals surface area contributed by atoms with Gasteiger partial charge in [-0.1, -0.05) is 24.3 Å². The van der Waals surface area contributed by atoms with Crippen molar-refractivity contribution < 1.29 is 52.3 Å². The number of benzene rings is 3. The lowest BCUT2D eigenvalue weighted by atomic mass is 10.0. The van der Waals surface area contributed by atoms with Crippen molar-refractivity contribution >= 4 is 29.8 Å². The molecule has 0 saturated carbocycles. The fourth-order valence-electron chi connectivity index (χ4n) is 3.67. The molecule has 0 bridgehead atoms. The Morgan fingerprint density at radius 2 is 1.31 bits per heavy atom. The molecule has 0 amide bonds. The number of Topliss-reactive ketones (excluding diaryl/α,β-unsaturated/α-hetero) is 1. The lowest BCUT2D eigenvalue weighted by molar-refractivity contribution is -0.139. The predicted octanol–water partition coefficient (Wildman–Crippen LogP) is 4.45. The Labute approximate surface area is 242 Å². The highest BCUT2D eigenvalue weighted by Crippen LogP contribution is 2.39. The average Bonchev–Trinajstić information content (AvgIpc) is 2.98. The topological polar surface area (TPSA) is 133 Å². The zero-order valence-electron chi connectivity index (χ0n) is 23.7. The lowest BCUT2D eigenvalue weighted by Crippen LogP contribution is -2.33. The third-order valence-electron chi connectivity index (χ3n) is 5.55. The van der Waals surface area contributed by atoms with Crippen molar-refractivity contribution in [3.63, 3.8) is 0 Å². The second-order valence-electron chi connectivity index (χ2n) is 8.55. The van der Waals surface area contributed by atoms with Gasteiger partial charge in [-0.05, 0) is 48.0 Å². The van der Waals surface area contributed by atoms with Crippen molar-refractivity contribution in [3.05, 3.63) is 77.9 Å². The Balaban J connectivity index is 1.85. The van der Waals surface area contributed by atoms with E-state index in [9.17, 15) is 19.2 Å². The molecule has 0 heterocycles. The molecule has 0 aliphatic rings. The molecule has 3 rings (SSSR count). The van der Waals surface area contributed by atoms with Crippen LogP contribution in [0.1, 0.15) is 29.8 Å². The van der Waals surface area contributed by atoms with Crippen LogP contribution >= 0.6 is 0 Å². The molecule has 1 atom stereocenters. The Morgan fingerprint density at radius 3 is 1.86 bits per heavy atom. The molecular formula is C31H30O11. The molecular weight excluding hydrogens is 548 g/mol. The van der Waals surface area contributed by atoms with Crippen LogP contribution in [0, 0.1) is 0 Å². The summed E-state index contributed by atoms with van der Waals surface area (Å²) in [6.07, 6.45) is 1.38. The summed E-state index contributed by atoms with van der Waals surface area (Å²) in [5.74, 6) is -1.25. The van der Waals surface area contributed by atoms with Crippen molar-refractivity contribution in [1.29, 1.82) is 0 Å². The van der Waals surface area contributed by atoms with Crippen LogP contribution in [0.2, 0.25) is 0 Å². The van der Waals surface area contributed by atoms with E-state index in [-0.39, 0.29) is 28.6 Å². The van der Waals surface area contributed by atoms with Crippen molar-refractivity contribution in [2.45, 2.75) is 20.0 Å². The van der Waals surface area contributed by atoms with Gasteiger partial charge in [-0.25, -0.2) is 4.79 Å². The highest BCUT2D eigenvalue weighted by atomic mass is 16.6. The molecule has 0 radical (unpaired) electrons. The summed E-state index contributed by atoms with van der Waals surface area (Å²) < 4.78 is 37.5. The average molecular weight is 579 g/mol. The highest BCUT2D eigenvalue weighted by molar-refractivity contribution is 6.01. The number of ether oxygens (including phenoxy) is 7. The number of carbonyl (C=O) groups excluding carboxylic acids is 4. The largest absolute Gasteiger partial charge is 0.493 e. The van der Waals surface area contributed by atoms with E-state index in [0.29, 0.717) is 17.1 Å². The minimum Gasteiger partial charge on any atom is -0.493 e. The van der Waals surface area contributed by atoms with Crippen LogP contribution in [0.25, 0.3) is 6.08 Å². The summed E-state index contributed by atoms with van der Waals surface area (Å²) in [5, 5.41) is 0. The minimum absolute atomic E-state index is 0.00343. The summed E-state index contributed by atoms with van der Waals surface area (Å²) in [6.45, 7) is 2.06. The predicted molar refractivity (Wildman–Crippen MR) is 150 cm³/mol. The number of hydrogen-bond donors (Lipinski definition) is 0. The first-order valence-electron chi connectivity index (χ1n) is 12.6. The Bertz CT molecular complexity index is 1430. The summed E-state index contributed by atoms with van der Waals surface area (Å²) in [5.41, 5.74) is 0.728. The van der Waals surface area contributed by atoms with Gasteiger partial charge in [0.2, 0.25) is 11.5 Å². The number of carbonyl (C=O) groups is 4. The van der Waals surface area contributed by atoms with Gasteiger partial charge in [0.15, 0.2) is 29.1 Å². The quantitative estimate of drug-likeness (QED) is 0.123. The number of hydrogen-bond acceptors (Lipinski definition) is 11. The van der Waals surface area contributed by atoms with Crippen molar-refractivity contribution in [2.24, 2.45) is 0 Å². The molecule has 0 aliphatic carbocycles. The van der Waals surface area contributed by atoms with E-state index >= 15 is 0 Å². The molecule has 42 heavy (non-hydrogen) atoms. The number of methoxy groups -OCH3 is 3. The Hall–Kier alpha value is -5.32. The monoisotopic (exact) mass is 578 g/mol. The number of rotatable bonds is 13. The molecule has 0 aromatic heterocycles. The molecule has 0 fully saturated rings. The number of ketones is 1. The number of para-hydroxylation sites is 2. The zero-order valence-corrected chi connectivity index (χ0v) is 23.7. The van der Waals surface area contributed by atoms with Crippen LogP contribution in [0.4, 0.5) is 0 Å². The van der Waals surface area contributed by atoms with Crippen LogP contribution < -0.4 is 28.4 Å². The second-order valence-corrected chi connectivity index (χ2v) is 8.55. The van der Waals surface area contributed by atoms with Crippen LogP contribution in [-0.4, -0.2) is 57.7 Å². The van der Waals surface area contributed by atoms with Gasteiger partial charge in [-0.15, -0.1) is 0 Å². The van der Waals surface area contributed by atoms with Gasteiger partial charge in [0.1, 0.15) is 12.4 Å². The summed E-state index contributed by atoms with van der Waals surface area (Å²) in [6, 6.07) is 15.9. The van der Waals surface area contributed by atoms with Gasteiger partial charge >= 0.3 is 17.9 Å². The van der Waals surface area contributed by atoms with Crippen LogP contribution in [0.5, 0.6) is 34.5 Å². The van der Waals surface area contributed by atoms with E-state index in [4.69, 9.17) is 33.2 Å². The van der Waals surface area contributed by atoms with Gasteiger partial charge in [0, 0.05) is 25.5 Å². The summed E-state index contributed by atoms with van der Waals surface area (Å²) in [7, 11) is 4.14. The molecule has 11 nitrogen and oxygen atoms in total. The van der Waals surface area contributed by atoms with Gasteiger partial charge in [-0.2, -0.15) is 0 Å². The smallest absolute Gasteiger partial charge is 0.330 e. The normalized spacial score (nSPS) is 11.3. The first-order chi connectivity index (χ1) is 20.1. The first kappa shape index (κ1) is 31.2. The van der Waals surface area contributed by atoms with Crippen LogP contribution in [0.3, 0.4) is 0 Å². The summed E-state index contributed by atoms with van der Waals surface area (Å²) in [4.78, 5) is 48.9. The second kappa shape index (κ2) is 14.9. The van der Waals surface area contributed by atoms with E-state index in [2.05, 4.69) is 0 Å². The lowest BCUT2D eigenvalue weighted by Gasteiger charge is -2.20. The van der Waals surface area contributed by atoms with Gasteiger partial charge in [0.05, 0.1) is 21.3 Å². The summed E-state index contributed by atoms with van der Waals surface area (Å²) >= 11 is 0. The minimum atomic E-state index is -1.31. The van der Waals surface area contributed by atoms with E-state index in [1.165, 1.54) is 59.5 Å². The molecule has 0 aliphatic heterocycles. The first-order valence-corrected chi connectivity index (χ1v) is 12.6. The molecule has 11 heteroatoms. The van der Waals surface area contributed by atoms with E-state index in [1.54, 1.807) is 48.5 Å². The van der Waals surface area contributed by atoms with Gasteiger partial charge in [-0.3, -0.25) is 14.4 Å². The standard InChI is InChI=1S/C31H30O11/c1-19(32)40-23-13-10-21(11-14-23)12-15-29(34)39-18-28(42-25-9-7-6-8-24(25)36-3)30(35)22-16-26(37-4)31(41-20(2)33)27(17-22)38-5/h6-17,28H,18H2,1-5H3/b15-12+. The van der Waals surface area contributed by atoms with E-state index < -0.39 is 36.4 Å². The number of esters is 3. The van der Waals surface area contributed by atoms with E-state index in [1.807, 2.05) is 0 Å². The molecule has 0 N–H and O–H groups in total. The molecule has 3 aromatic rings. The Morgan fingerprint density at radius 1 is 0.738 bits per heavy atom. The van der Waals surface area contributed by atoms with Crippen molar-refractivity contribution in [3.8, 4) is 34.5 Å². The Kier molecular flexibility index (Phi) is 11.1. The van der Waals surface area contributed by atoms with Gasteiger partial charge < -0.3 is 33.2 Å². The highest BCUT2D eigenvalue weighted by Gasteiger charge is 2.28. The van der Waals surface area contributed by atoms with Gasteiger partial charge in [0.25, 0.3) is 0 Å². The zero-order chi connectivity index (χ0) is 30.6. The maximum absolute atomic E-state index is 13.7. The molecule has 0 spiro atoms. The van der Waals surface area contributed by atoms with E-state index in [0.717, 1.165) is 0 Å². The third kappa shape index (κ3) is 8.59. The van der Waals surface area contributed by atoms with Crippen molar-refractivity contribution in [1.82, 2.24) is 0 Å². The maximum Gasteiger partial charge on any atom is 0.330 e. The fraction of sp³-hybridized carbons (Fsp3) is 0.226. The SMILES string of the molecule is COc1ccccc1OC(COC(=O)/C=C/c1ccc(OC(C)=O)cc1)C(=O)c1cc(OC)c(OC(C)=O)c(OC)c1. The van der Waals surface area contributed by atoms with Crippen LogP contribution in [-0.2, 0) is 19.1 Å². The van der Waals surface area contributed by atoms with Crippen molar-refractivity contribution in [2.75, 3.05) is 27.9 Å². The third-order valence-corrected chi connectivity index (χ3v) is 5.55. The molecule has 3 aromatic carbocycles. The van der Waals surface area contributed by atoms with Crippen LogP contribution in [0.15, 0.2) is 66.7 Å². The fourth-order valence-corrected chi connectivity index (χ4v) is 3.67. The molecule has 1 unspecified atom stereocenters.